The van der Waals surface area contributed by atoms with Crippen LogP contribution in [-0.4, -0.2) is 31.8 Å². The van der Waals surface area contributed by atoms with Crippen molar-refractivity contribution < 1.29 is 22.7 Å². The zero-order valence-electron chi connectivity index (χ0n) is 9.73. The molecule has 0 amide bonds. The highest BCUT2D eigenvalue weighted by molar-refractivity contribution is 5.75. The Morgan fingerprint density at radius 2 is 1.94 bits per heavy atom. The van der Waals surface area contributed by atoms with Crippen LogP contribution in [0.25, 0.3) is 0 Å². The SMILES string of the molecule is COC(=O)C(CC(C)C)NCCC(F)(F)F. The molecule has 0 aromatic rings. The number of halogens is 3. The van der Waals surface area contributed by atoms with Crippen LogP contribution in [0.15, 0.2) is 0 Å². The van der Waals surface area contributed by atoms with E-state index < -0.39 is 24.6 Å². The van der Waals surface area contributed by atoms with Crippen molar-refractivity contribution in [1.29, 1.82) is 0 Å². The van der Waals surface area contributed by atoms with Crippen LogP contribution in [0.1, 0.15) is 26.7 Å². The number of methoxy groups -OCH3 is 1. The Bertz CT molecular complexity index is 217. The van der Waals surface area contributed by atoms with E-state index in [1.54, 1.807) is 0 Å². The van der Waals surface area contributed by atoms with Crippen molar-refractivity contribution in [1.82, 2.24) is 5.32 Å². The summed E-state index contributed by atoms with van der Waals surface area (Å²) in [6, 6.07) is -0.660. The number of ether oxygens (including phenoxy) is 1. The van der Waals surface area contributed by atoms with E-state index in [9.17, 15) is 18.0 Å². The number of carbonyl (C=O) groups is 1. The predicted octanol–water partition coefficient (Wildman–Crippen LogP) is 2.12. The van der Waals surface area contributed by atoms with Crippen LogP contribution in [0.2, 0.25) is 0 Å². The van der Waals surface area contributed by atoms with E-state index in [2.05, 4.69) is 10.1 Å². The topological polar surface area (TPSA) is 38.3 Å². The Morgan fingerprint density at radius 3 is 2.31 bits per heavy atom. The van der Waals surface area contributed by atoms with Gasteiger partial charge >= 0.3 is 12.1 Å². The normalized spacial score (nSPS) is 13.9. The van der Waals surface area contributed by atoms with Crippen molar-refractivity contribution in [2.45, 2.75) is 38.9 Å². The van der Waals surface area contributed by atoms with Crippen LogP contribution in [0.3, 0.4) is 0 Å². The van der Waals surface area contributed by atoms with E-state index in [0.717, 1.165) is 0 Å². The van der Waals surface area contributed by atoms with E-state index in [0.29, 0.717) is 6.42 Å². The Labute approximate surface area is 93.3 Å². The van der Waals surface area contributed by atoms with Gasteiger partial charge in [-0.3, -0.25) is 4.79 Å². The summed E-state index contributed by atoms with van der Waals surface area (Å²) in [5.41, 5.74) is 0. The zero-order chi connectivity index (χ0) is 12.8. The maximum Gasteiger partial charge on any atom is 0.390 e. The Kier molecular flexibility index (Phi) is 6.40. The molecule has 96 valence electrons. The van der Waals surface area contributed by atoms with Crippen molar-refractivity contribution in [2.24, 2.45) is 5.92 Å². The summed E-state index contributed by atoms with van der Waals surface area (Å²) in [6.45, 7) is 3.51. The predicted molar refractivity (Wildman–Crippen MR) is 53.9 cm³/mol. The molecule has 16 heavy (non-hydrogen) atoms. The van der Waals surface area contributed by atoms with Crippen molar-refractivity contribution >= 4 is 5.97 Å². The lowest BCUT2D eigenvalue weighted by Crippen LogP contribution is -2.40. The van der Waals surface area contributed by atoms with Crippen LogP contribution < -0.4 is 5.32 Å². The van der Waals surface area contributed by atoms with Crippen LogP contribution in [-0.2, 0) is 9.53 Å². The fourth-order valence-corrected chi connectivity index (χ4v) is 1.26. The molecular weight excluding hydrogens is 223 g/mol. The van der Waals surface area contributed by atoms with Crippen LogP contribution in [0.5, 0.6) is 0 Å². The molecule has 1 unspecified atom stereocenters. The van der Waals surface area contributed by atoms with Gasteiger partial charge in [0.1, 0.15) is 6.04 Å². The fraction of sp³-hybridized carbons (Fsp3) is 0.900. The monoisotopic (exact) mass is 241 g/mol. The molecule has 0 rings (SSSR count). The number of esters is 1. The maximum atomic E-state index is 11.9. The molecule has 6 heteroatoms. The molecular formula is C10H18F3NO2. The van der Waals surface area contributed by atoms with Crippen molar-refractivity contribution in [2.75, 3.05) is 13.7 Å². The van der Waals surface area contributed by atoms with Gasteiger partial charge in [0, 0.05) is 6.54 Å². The van der Waals surface area contributed by atoms with Gasteiger partial charge in [-0.2, -0.15) is 13.2 Å². The zero-order valence-corrected chi connectivity index (χ0v) is 9.73. The molecule has 0 aliphatic rings. The van der Waals surface area contributed by atoms with E-state index in [-0.39, 0.29) is 12.5 Å². The molecule has 1 N–H and O–H groups in total. The fourth-order valence-electron chi connectivity index (χ4n) is 1.26. The molecule has 0 saturated heterocycles. The van der Waals surface area contributed by atoms with Crippen LogP contribution in [0.4, 0.5) is 13.2 Å². The Morgan fingerprint density at radius 1 is 1.38 bits per heavy atom. The van der Waals surface area contributed by atoms with E-state index in [1.165, 1.54) is 7.11 Å². The summed E-state index contributed by atoms with van der Waals surface area (Å²) < 4.78 is 40.2. The molecule has 0 aromatic heterocycles. The molecule has 1 atom stereocenters. The van der Waals surface area contributed by atoms with Crippen molar-refractivity contribution in [3.63, 3.8) is 0 Å². The lowest BCUT2D eigenvalue weighted by atomic mass is 10.0. The number of alkyl halides is 3. The van der Waals surface area contributed by atoms with Crippen molar-refractivity contribution in [3.8, 4) is 0 Å². The molecule has 0 heterocycles. The third-order valence-corrected chi connectivity index (χ3v) is 1.99. The standard InChI is InChI=1S/C10H18F3NO2/c1-7(2)6-8(9(15)16-3)14-5-4-10(11,12)13/h7-8,14H,4-6H2,1-3H3. The second kappa shape index (κ2) is 6.73. The summed E-state index contributed by atoms with van der Waals surface area (Å²) in [6.07, 6.45) is -4.69. The third kappa shape index (κ3) is 7.50. The van der Waals surface area contributed by atoms with Gasteiger partial charge in [-0.15, -0.1) is 0 Å². The number of hydrogen-bond acceptors (Lipinski definition) is 3. The molecule has 0 fully saturated rings. The van der Waals surface area contributed by atoms with Gasteiger partial charge in [0.05, 0.1) is 13.5 Å². The molecule has 0 aliphatic carbocycles. The van der Waals surface area contributed by atoms with Gasteiger partial charge in [0.15, 0.2) is 0 Å². The summed E-state index contributed by atoms with van der Waals surface area (Å²) in [5, 5.41) is 2.56. The lowest BCUT2D eigenvalue weighted by Gasteiger charge is -2.18. The molecule has 0 saturated carbocycles. The first-order valence-corrected chi connectivity index (χ1v) is 5.14. The summed E-state index contributed by atoms with van der Waals surface area (Å²) in [4.78, 5) is 11.2. The highest BCUT2D eigenvalue weighted by Crippen LogP contribution is 2.18. The minimum absolute atomic E-state index is 0.211. The first-order valence-electron chi connectivity index (χ1n) is 5.14. The number of hydrogen-bond donors (Lipinski definition) is 1. The number of carbonyl (C=O) groups excluding carboxylic acids is 1. The molecule has 0 spiro atoms. The quantitative estimate of drug-likeness (QED) is 0.724. The van der Waals surface area contributed by atoms with Gasteiger partial charge in [-0.05, 0) is 12.3 Å². The average Bonchev–Trinajstić information content (AvgIpc) is 2.12. The third-order valence-electron chi connectivity index (χ3n) is 1.99. The summed E-state index contributed by atoms with van der Waals surface area (Å²) in [7, 11) is 1.22. The lowest BCUT2D eigenvalue weighted by molar-refractivity contribution is -0.145. The molecule has 0 aromatic carbocycles. The number of nitrogens with one attached hydrogen (secondary N) is 1. The minimum Gasteiger partial charge on any atom is -0.468 e. The second-order valence-corrected chi connectivity index (χ2v) is 4.02. The Hall–Kier alpha value is -0.780. The summed E-state index contributed by atoms with van der Waals surface area (Å²) in [5.74, 6) is -0.307. The van der Waals surface area contributed by atoms with Gasteiger partial charge in [-0.25, -0.2) is 0 Å². The van der Waals surface area contributed by atoms with Gasteiger partial charge in [0.25, 0.3) is 0 Å². The molecule has 0 aliphatic heterocycles. The van der Waals surface area contributed by atoms with E-state index >= 15 is 0 Å². The first kappa shape index (κ1) is 15.2. The van der Waals surface area contributed by atoms with Crippen LogP contribution >= 0.6 is 0 Å². The highest BCUT2D eigenvalue weighted by atomic mass is 19.4. The summed E-state index contributed by atoms with van der Waals surface area (Å²) >= 11 is 0. The largest absolute Gasteiger partial charge is 0.468 e. The maximum absolute atomic E-state index is 11.9. The molecule has 3 nitrogen and oxygen atoms in total. The highest BCUT2D eigenvalue weighted by Gasteiger charge is 2.28. The van der Waals surface area contributed by atoms with Gasteiger partial charge in [-0.1, -0.05) is 13.8 Å². The van der Waals surface area contributed by atoms with Gasteiger partial charge in [0.2, 0.25) is 0 Å². The second-order valence-electron chi connectivity index (χ2n) is 4.02. The smallest absolute Gasteiger partial charge is 0.390 e. The average molecular weight is 241 g/mol. The minimum atomic E-state index is -4.20. The van der Waals surface area contributed by atoms with E-state index in [4.69, 9.17) is 0 Å². The van der Waals surface area contributed by atoms with E-state index in [1.807, 2.05) is 13.8 Å². The molecule has 0 bridgehead atoms. The van der Waals surface area contributed by atoms with Crippen molar-refractivity contribution in [3.05, 3.63) is 0 Å². The van der Waals surface area contributed by atoms with Gasteiger partial charge < -0.3 is 10.1 Å². The van der Waals surface area contributed by atoms with Crippen LogP contribution in [0, 0.1) is 5.92 Å². The molecule has 0 radical (unpaired) electrons. The first-order chi connectivity index (χ1) is 7.26. The number of rotatable bonds is 6. The Balaban J connectivity index is 4.07.